The smallest absolute Gasteiger partial charge is 0.252 e. The number of carbonyl (C=O) groups is 1. The summed E-state index contributed by atoms with van der Waals surface area (Å²) >= 11 is 0. The first kappa shape index (κ1) is 25.2. The van der Waals surface area contributed by atoms with E-state index < -0.39 is 24.8 Å². The molecule has 1 unspecified atom stereocenters. The number of hydrogen-bond donors (Lipinski definition) is 2. The maximum Gasteiger partial charge on any atom is 0.252 e. The van der Waals surface area contributed by atoms with E-state index in [2.05, 4.69) is 20.5 Å². The molecule has 0 aliphatic heterocycles. The van der Waals surface area contributed by atoms with Gasteiger partial charge in [-0.3, -0.25) is 4.79 Å². The molecule has 2 aromatic heterocycles. The van der Waals surface area contributed by atoms with Crippen LogP contribution in [-0.2, 0) is 31.9 Å². The number of rotatable bonds is 9. The van der Waals surface area contributed by atoms with Crippen LogP contribution in [0.4, 0.5) is 8.78 Å². The summed E-state index contributed by atoms with van der Waals surface area (Å²) in [6.07, 6.45) is 0.431. The number of nitrogens with one attached hydrogen (secondary N) is 1. The van der Waals surface area contributed by atoms with Crippen LogP contribution in [-0.4, -0.2) is 21.1 Å². The van der Waals surface area contributed by atoms with Gasteiger partial charge in [-0.25, -0.2) is 13.8 Å². The van der Waals surface area contributed by atoms with E-state index in [1.54, 1.807) is 20.8 Å². The standard InChI is InChI=1S/C26H27F2N5O3/c1-15-22(31-16(2)35-15)14-30-23(34)20-10-21(19(13-28)9-18(20)12-27)24-32-33-25(36-24)26(3,29)11-17-7-5-4-6-8-17/h4-10H,11-14,29H2,1-3H3,(H,30,34). The molecule has 0 aliphatic carbocycles. The predicted octanol–water partition coefficient (Wildman–Crippen LogP) is 4.63. The minimum Gasteiger partial charge on any atom is -0.446 e. The predicted molar refractivity (Wildman–Crippen MR) is 128 cm³/mol. The molecule has 0 radical (unpaired) electrons. The summed E-state index contributed by atoms with van der Waals surface area (Å²) in [6, 6.07) is 12.2. The molecule has 10 heteroatoms. The van der Waals surface area contributed by atoms with Crippen LogP contribution >= 0.6 is 0 Å². The Morgan fingerprint density at radius 3 is 2.42 bits per heavy atom. The van der Waals surface area contributed by atoms with Crippen LogP contribution in [0.3, 0.4) is 0 Å². The van der Waals surface area contributed by atoms with Crippen LogP contribution < -0.4 is 11.1 Å². The minimum atomic E-state index is -0.991. The molecular formula is C26H27F2N5O3. The summed E-state index contributed by atoms with van der Waals surface area (Å²) in [5.41, 5.74) is 7.42. The quantitative estimate of drug-likeness (QED) is 0.347. The fourth-order valence-corrected chi connectivity index (χ4v) is 3.98. The summed E-state index contributed by atoms with van der Waals surface area (Å²) in [6.45, 7) is 3.41. The van der Waals surface area contributed by atoms with E-state index >= 15 is 0 Å². The topological polar surface area (TPSA) is 120 Å². The number of nitrogens with two attached hydrogens (primary N) is 1. The van der Waals surface area contributed by atoms with Gasteiger partial charge in [0, 0.05) is 18.1 Å². The molecule has 1 atom stereocenters. The summed E-state index contributed by atoms with van der Waals surface area (Å²) in [5.74, 6) is 0.642. The SMILES string of the molecule is Cc1nc(CNC(=O)c2cc(-c3nnc(C(C)(N)Cc4ccccc4)o3)c(CF)cc2CF)c(C)o1. The number of alkyl halides is 2. The first-order valence-electron chi connectivity index (χ1n) is 11.4. The summed E-state index contributed by atoms with van der Waals surface area (Å²) in [5, 5.41) is 10.8. The van der Waals surface area contributed by atoms with Crippen molar-refractivity contribution < 1.29 is 22.4 Å². The van der Waals surface area contributed by atoms with Crippen molar-refractivity contribution in [2.75, 3.05) is 0 Å². The molecule has 36 heavy (non-hydrogen) atoms. The molecule has 0 saturated carbocycles. The van der Waals surface area contributed by atoms with Gasteiger partial charge < -0.3 is 19.9 Å². The number of amides is 1. The van der Waals surface area contributed by atoms with E-state index in [0.717, 1.165) is 5.56 Å². The Morgan fingerprint density at radius 2 is 1.78 bits per heavy atom. The van der Waals surface area contributed by atoms with Crippen LogP contribution in [0, 0.1) is 13.8 Å². The monoisotopic (exact) mass is 495 g/mol. The maximum absolute atomic E-state index is 13.9. The maximum atomic E-state index is 13.9. The molecule has 4 aromatic rings. The minimum absolute atomic E-state index is 0.00943. The van der Waals surface area contributed by atoms with Crippen LogP contribution in [0.25, 0.3) is 11.5 Å². The van der Waals surface area contributed by atoms with Crippen molar-refractivity contribution in [3.8, 4) is 11.5 Å². The molecule has 0 saturated heterocycles. The van der Waals surface area contributed by atoms with Crippen molar-refractivity contribution in [3.05, 3.63) is 88.0 Å². The Balaban J connectivity index is 1.63. The molecule has 2 heterocycles. The third-order valence-corrected chi connectivity index (χ3v) is 5.84. The normalized spacial score (nSPS) is 12.9. The molecule has 8 nitrogen and oxygen atoms in total. The van der Waals surface area contributed by atoms with Crippen molar-refractivity contribution in [2.45, 2.75) is 52.6 Å². The third-order valence-electron chi connectivity index (χ3n) is 5.84. The Hall–Kier alpha value is -3.92. The number of aryl methyl sites for hydroxylation is 2. The first-order chi connectivity index (χ1) is 17.2. The van der Waals surface area contributed by atoms with Gasteiger partial charge >= 0.3 is 0 Å². The summed E-state index contributed by atoms with van der Waals surface area (Å²) in [7, 11) is 0. The van der Waals surface area contributed by atoms with Gasteiger partial charge in [0.05, 0.1) is 12.1 Å². The van der Waals surface area contributed by atoms with Gasteiger partial charge in [0.2, 0.25) is 11.8 Å². The van der Waals surface area contributed by atoms with Crippen molar-refractivity contribution in [2.24, 2.45) is 5.73 Å². The Labute approximate surface area is 206 Å². The molecule has 0 bridgehead atoms. The fraction of sp³-hybridized carbons (Fsp3) is 0.308. The number of oxazole rings is 1. The number of hydrogen-bond acceptors (Lipinski definition) is 7. The van der Waals surface area contributed by atoms with Gasteiger partial charge in [0.25, 0.3) is 5.91 Å². The lowest BCUT2D eigenvalue weighted by molar-refractivity contribution is 0.0948. The zero-order valence-corrected chi connectivity index (χ0v) is 20.3. The van der Waals surface area contributed by atoms with Gasteiger partial charge in [-0.1, -0.05) is 30.3 Å². The average molecular weight is 496 g/mol. The van der Waals surface area contributed by atoms with E-state index in [1.165, 1.54) is 12.1 Å². The largest absolute Gasteiger partial charge is 0.446 e. The van der Waals surface area contributed by atoms with E-state index in [0.29, 0.717) is 23.8 Å². The second-order valence-electron chi connectivity index (χ2n) is 8.84. The highest BCUT2D eigenvalue weighted by Gasteiger charge is 2.30. The van der Waals surface area contributed by atoms with Crippen LogP contribution in [0.2, 0.25) is 0 Å². The Kier molecular flexibility index (Phi) is 7.25. The van der Waals surface area contributed by atoms with E-state index in [9.17, 15) is 13.6 Å². The highest BCUT2D eigenvalue weighted by atomic mass is 19.1. The molecular weight excluding hydrogens is 468 g/mol. The number of benzene rings is 2. The van der Waals surface area contributed by atoms with E-state index in [-0.39, 0.29) is 40.6 Å². The van der Waals surface area contributed by atoms with Crippen LogP contribution in [0.15, 0.2) is 51.3 Å². The number of carbonyl (C=O) groups excluding carboxylic acids is 1. The molecule has 0 fully saturated rings. The highest BCUT2D eigenvalue weighted by molar-refractivity contribution is 5.97. The summed E-state index contributed by atoms with van der Waals surface area (Å²) < 4.78 is 38.9. The van der Waals surface area contributed by atoms with Crippen molar-refractivity contribution in [1.29, 1.82) is 0 Å². The number of nitrogens with zero attached hydrogens (tertiary/aromatic N) is 3. The molecule has 0 spiro atoms. The Morgan fingerprint density at radius 1 is 1.06 bits per heavy atom. The van der Waals surface area contributed by atoms with Gasteiger partial charge in [-0.15, -0.1) is 10.2 Å². The molecule has 3 N–H and O–H groups in total. The fourth-order valence-electron chi connectivity index (χ4n) is 3.98. The lowest BCUT2D eigenvalue weighted by Crippen LogP contribution is -2.35. The molecule has 188 valence electrons. The van der Waals surface area contributed by atoms with Crippen molar-refractivity contribution in [1.82, 2.24) is 20.5 Å². The van der Waals surface area contributed by atoms with Gasteiger partial charge in [-0.2, -0.15) is 0 Å². The van der Waals surface area contributed by atoms with E-state index in [1.807, 2.05) is 30.3 Å². The average Bonchev–Trinajstić information content (AvgIpc) is 3.48. The second kappa shape index (κ2) is 10.4. The molecule has 2 aromatic carbocycles. The van der Waals surface area contributed by atoms with Crippen LogP contribution in [0.1, 0.15) is 57.2 Å². The van der Waals surface area contributed by atoms with Gasteiger partial charge in [0.1, 0.15) is 24.8 Å². The first-order valence-corrected chi connectivity index (χ1v) is 11.4. The summed E-state index contributed by atoms with van der Waals surface area (Å²) in [4.78, 5) is 17.2. The Bertz CT molecular complexity index is 1370. The number of aromatic nitrogens is 3. The van der Waals surface area contributed by atoms with E-state index in [4.69, 9.17) is 14.6 Å². The van der Waals surface area contributed by atoms with Gasteiger partial charge in [-0.05, 0) is 49.1 Å². The number of halogens is 2. The van der Waals surface area contributed by atoms with Gasteiger partial charge in [0.15, 0.2) is 5.89 Å². The zero-order chi connectivity index (χ0) is 25.9. The molecule has 0 aliphatic rings. The van der Waals surface area contributed by atoms with Crippen molar-refractivity contribution >= 4 is 5.91 Å². The zero-order valence-electron chi connectivity index (χ0n) is 20.3. The second-order valence-corrected chi connectivity index (χ2v) is 8.84. The lowest BCUT2D eigenvalue weighted by Gasteiger charge is -2.20. The van der Waals surface area contributed by atoms with Crippen LogP contribution in [0.5, 0.6) is 0 Å². The third kappa shape index (κ3) is 5.33. The highest BCUT2D eigenvalue weighted by Crippen LogP contribution is 2.31. The van der Waals surface area contributed by atoms with Crippen molar-refractivity contribution in [3.63, 3.8) is 0 Å². The molecule has 4 rings (SSSR count). The lowest BCUT2D eigenvalue weighted by atomic mass is 9.94. The molecule has 1 amide bonds.